The van der Waals surface area contributed by atoms with E-state index in [4.69, 9.17) is 4.74 Å². The van der Waals surface area contributed by atoms with Crippen molar-refractivity contribution in [1.82, 2.24) is 0 Å². The van der Waals surface area contributed by atoms with E-state index in [2.05, 4.69) is 0 Å². The first kappa shape index (κ1) is 9.87. The number of methoxy groups -OCH3 is 1. The van der Waals surface area contributed by atoms with Gasteiger partial charge < -0.3 is 4.74 Å². The van der Waals surface area contributed by atoms with Gasteiger partial charge in [-0.1, -0.05) is 0 Å². The number of rotatable bonds is 5. The molecule has 0 aliphatic heterocycles. The van der Waals surface area contributed by atoms with Gasteiger partial charge in [-0.15, -0.1) is 0 Å². The smallest absolute Gasteiger partial charge is 0.166 e. The Morgan fingerprint density at radius 2 is 2.50 bits per heavy atom. The fourth-order valence-electron chi connectivity index (χ4n) is 1.68. The third kappa shape index (κ3) is 2.22. The summed E-state index contributed by atoms with van der Waals surface area (Å²) in [5, 5.41) is 4.03. The molecule has 0 amide bonds. The van der Waals surface area contributed by atoms with Gasteiger partial charge in [0.15, 0.2) is 5.78 Å². The van der Waals surface area contributed by atoms with Crippen LogP contribution >= 0.6 is 11.3 Å². The minimum Gasteiger partial charge on any atom is -0.373 e. The van der Waals surface area contributed by atoms with Crippen molar-refractivity contribution in [2.75, 3.05) is 7.11 Å². The average molecular weight is 210 g/mol. The molecule has 1 aliphatic rings. The molecule has 0 spiro atoms. The van der Waals surface area contributed by atoms with E-state index in [9.17, 15) is 4.79 Å². The van der Waals surface area contributed by atoms with E-state index in [1.54, 1.807) is 18.4 Å². The highest BCUT2D eigenvalue weighted by atomic mass is 32.1. The summed E-state index contributed by atoms with van der Waals surface area (Å²) in [4.78, 5) is 11.8. The van der Waals surface area contributed by atoms with Crippen LogP contribution in [0.5, 0.6) is 0 Å². The SMILES string of the molecule is COC(C(=O)Cc1ccsc1)C1CC1. The normalized spacial score (nSPS) is 18.1. The number of thiophene rings is 1. The molecule has 2 rings (SSSR count). The average Bonchev–Trinajstić information content (AvgIpc) is 2.86. The Balaban J connectivity index is 1.93. The van der Waals surface area contributed by atoms with Crippen LogP contribution in [-0.2, 0) is 16.0 Å². The summed E-state index contributed by atoms with van der Waals surface area (Å²) >= 11 is 1.63. The summed E-state index contributed by atoms with van der Waals surface area (Å²) in [6.45, 7) is 0. The van der Waals surface area contributed by atoms with Gasteiger partial charge in [-0.2, -0.15) is 11.3 Å². The van der Waals surface area contributed by atoms with Crippen LogP contribution in [0.3, 0.4) is 0 Å². The largest absolute Gasteiger partial charge is 0.373 e. The fourth-order valence-corrected chi connectivity index (χ4v) is 2.35. The third-order valence-corrected chi connectivity index (χ3v) is 3.31. The van der Waals surface area contributed by atoms with E-state index < -0.39 is 0 Å². The Morgan fingerprint density at radius 3 is 3.00 bits per heavy atom. The molecule has 1 unspecified atom stereocenters. The summed E-state index contributed by atoms with van der Waals surface area (Å²) in [6.07, 6.45) is 2.66. The van der Waals surface area contributed by atoms with Crippen LogP contribution in [0.2, 0.25) is 0 Å². The van der Waals surface area contributed by atoms with Crippen LogP contribution in [0.25, 0.3) is 0 Å². The fraction of sp³-hybridized carbons (Fsp3) is 0.545. The third-order valence-electron chi connectivity index (χ3n) is 2.58. The molecule has 14 heavy (non-hydrogen) atoms. The summed E-state index contributed by atoms with van der Waals surface area (Å²) in [7, 11) is 1.63. The molecule has 0 bridgehead atoms. The van der Waals surface area contributed by atoms with Gasteiger partial charge in [-0.05, 0) is 41.1 Å². The first-order valence-corrected chi connectivity index (χ1v) is 5.82. The molecule has 1 aromatic heterocycles. The molecule has 1 aromatic rings. The van der Waals surface area contributed by atoms with Crippen LogP contribution in [-0.4, -0.2) is 19.0 Å². The van der Waals surface area contributed by atoms with Crippen molar-refractivity contribution < 1.29 is 9.53 Å². The maximum Gasteiger partial charge on any atom is 0.166 e. The summed E-state index contributed by atoms with van der Waals surface area (Å²) in [6, 6.07) is 2.00. The van der Waals surface area contributed by atoms with Crippen molar-refractivity contribution in [1.29, 1.82) is 0 Å². The molecule has 1 fully saturated rings. The molecule has 1 atom stereocenters. The number of carbonyl (C=O) groups is 1. The van der Waals surface area contributed by atoms with E-state index in [0.717, 1.165) is 18.4 Å². The molecule has 0 aromatic carbocycles. The number of Topliss-reactive ketones (excluding diaryl/α,β-unsaturated/α-hetero) is 1. The second-order valence-electron chi connectivity index (χ2n) is 3.77. The van der Waals surface area contributed by atoms with Crippen LogP contribution in [0.15, 0.2) is 16.8 Å². The number of ether oxygens (including phenoxy) is 1. The summed E-state index contributed by atoms with van der Waals surface area (Å²) < 4.78 is 5.24. The standard InChI is InChI=1S/C11H14O2S/c1-13-11(9-2-3-9)10(12)6-8-4-5-14-7-8/h4-5,7,9,11H,2-3,6H2,1H3. The number of carbonyl (C=O) groups excluding carboxylic acids is 1. The van der Waals surface area contributed by atoms with Gasteiger partial charge in [0.1, 0.15) is 6.10 Å². The molecule has 0 N–H and O–H groups in total. The van der Waals surface area contributed by atoms with Crippen molar-refractivity contribution >= 4 is 17.1 Å². The van der Waals surface area contributed by atoms with Crippen LogP contribution < -0.4 is 0 Å². The molecular weight excluding hydrogens is 196 g/mol. The van der Waals surface area contributed by atoms with Gasteiger partial charge in [0.25, 0.3) is 0 Å². The maximum atomic E-state index is 11.8. The first-order chi connectivity index (χ1) is 6.81. The summed E-state index contributed by atoms with van der Waals surface area (Å²) in [5.74, 6) is 0.722. The Bertz CT molecular complexity index is 301. The number of ketones is 1. The van der Waals surface area contributed by atoms with Crippen molar-refractivity contribution in [3.63, 3.8) is 0 Å². The lowest BCUT2D eigenvalue weighted by Gasteiger charge is -2.12. The van der Waals surface area contributed by atoms with Gasteiger partial charge in [0.05, 0.1) is 0 Å². The molecule has 1 saturated carbocycles. The topological polar surface area (TPSA) is 26.3 Å². The molecular formula is C11H14O2S. The van der Waals surface area contributed by atoms with Gasteiger partial charge in [-0.25, -0.2) is 0 Å². The Morgan fingerprint density at radius 1 is 1.71 bits per heavy atom. The highest BCUT2D eigenvalue weighted by Gasteiger charge is 2.35. The first-order valence-electron chi connectivity index (χ1n) is 4.88. The molecule has 76 valence electrons. The second-order valence-corrected chi connectivity index (χ2v) is 4.55. The minimum absolute atomic E-state index is 0.158. The minimum atomic E-state index is -0.158. The van der Waals surface area contributed by atoms with Crippen molar-refractivity contribution in [3.8, 4) is 0 Å². The maximum absolute atomic E-state index is 11.8. The lowest BCUT2D eigenvalue weighted by Crippen LogP contribution is -2.26. The predicted molar refractivity (Wildman–Crippen MR) is 56.6 cm³/mol. The van der Waals surface area contributed by atoms with Crippen molar-refractivity contribution in [2.45, 2.75) is 25.4 Å². The highest BCUT2D eigenvalue weighted by Crippen LogP contribution is 2.34. The Labute approximate surface area is 87.9 Å². The Kier molecular flexibility index (Phi) is 2.99. The van der Waals surface area contributed by atoms with Crippen LogP contribution in [0.1, 0.15) is 18.4 Å². The zero-order valence-electron chi connectivity index (χ0n) is 8.23. The van der Waals surface area contributed by atoms with E-state index in [1.807, 2.05) is 16.8 Å². The van der Waals surface area contributed by atoms with E-state index in [1.165, 1.54) is 0 Å². The van der Waals surface area contributed by atoms with Crippen LogP contribution in [0.4, 0.5) is 0 Å². The summed E-state index contributed by atoms with van der Waals surface area (Å²) in [5.41, 5.74) is 1.11. The molecule has 1 aliphatic carbocycles. The van der Waals surface area contributed by atoms with Gasteiger partial charge in [0, 0.05) is 13.5 Å². The quantitative estimate of drug-likeness (QED) is 0.745. The second kappa shape index (κ2) is 4.24. The van der Waals surface area contributed by atoms with Crippen molar-refractivity contribution in [2.24, 2.45) is 5.92 Å². The molecule has 0 saturated heterocycles. The molecule has 0 radical (unpaired) electrons. The predicted octanol–water partition coefficient (Wildman–Crippen LogP) is 2.28. The molecule has 3 heteroatoms. The zero-order valence-corrected chi connectivity index (χ0v) is 9.05. The lowest BCUT2D eigenvalue weighted by atomic mass is 10.0. The monoisotopic (exact) mass is 210 g/mol. The van der Waals surface area contributed by atoms with Gasteiger partial charge >= 0.3 is 0 Å². The van der Waals surface area contributed by atoms with Crippen molar-refractivity contribution in [3.05, 3.63) is 22.4 Å². The van der Waals surface area contributed by atoms with Crippen LogP contribution in [0, 0.1) is 5.92 Å². The number of hydrogen-bond acceptors (Lipinski definition) is 3. The highest BCUT2D eigenvalue weighted by molar-refractivity contribution is 7.07. The number of hydrogen-bond donors (Lipinski definition) is 0. The van der Waals surface area contributed by atoms with E-state index in [0.29, 0.717) is 12.3 Å². The lowest BCUT2D eigenvalue weighted by molar-refractivity contribution is -0.129. The Hall–Kier alpha value is -0.670. The zero-order chi connectivity index (χ0) is 9.97. The van der Waals surface area contributed by atoms with E-state index >= 15 is 0 Å². The molecule has 2 nitrogen and oxygen atoms in total. The van der Waals surface area contributed by atoms with E-state index in [-0.39, 0.29) is 11.9 Å². The van der Waals surface area contributed by atoms with Gasteiger partial charge in [-0.3, -0.25) is 4.79 Å². The van der Waals surface area contributed by atoms with Gasteiger partial charge in [0.2, 0.25) is 0 Å². The molecule has 1 heterocycles.